The summed E-state index contributed by atoms with van der Waals surface area (Å²) >= 11 is 6.10. The highest BCUT2D eigenvalue weighted by atomic mass is 35.5. The fourth-order valence-corrected chi connectivity index (χ4v) is 2.60. The first kappa shape index (κ1) is 13.5. The van der Waals surface area contributed by atoms with Crippen LogP contribution in [0.4, 0.5) is 0 Å². The summed E-state index contributed by atoms with van der Waals surface area (Å²) in [5, 5.41) is 3.43. The molecule has 4 nitrogen and oxygen atoms in total. The molecule has 0 aliphatic heterocycles. The summed E-state index contributed by atoms with van der Waals surface area (Å²) in [6.45, 7) is 0. The number of hydrogen-bond donors (Lipinski definition) is 0. The van der Waals surface area contributed by atoms with Crippen LogP contribution in [0.25, 0.3) is 21.5 Å². The first-order valence-electron chi connectivity index (χ1n) is 6.19. The molecule has 0 saturated heterocycles. The molecule has 21 heavy (non-hydrogen) atoms. The molecule has 0 aliphatic carbocycles. The van der Waals surface area contributed by atoms with E-state index in [4.69, 9.17) is 16.3 Å². The van der Waals surface area contributed by atoms with Gasteiger partial charge < -0.3 is 4.74 Å². The van der Waals surface area contributed by atoms with Gasteiger partial charge in [-0.2, -0.15) is 0 Å². The summed E-state index contributed by atoms with van der Waals surface area (Å²) in [5.41, 5.74) is 0.725. The van der Waals surface area contributed by atoms with Gasteiger partial charge in [0.2, 0.25) is 0 Å². The molecule has 0 radical (unpaired) electrons. The Morgan fingerprint density at radius 1 is 1.24 bits per heavy atom. The number of halogens is 1. The lowest BCUT2D eigenvalue weighted by Gasteiger charge is -2.10. The molecule has 0 unspecified atom stereocenters. The number of ether oxygens (including phenoxy) is 1. The summed E-state index contributed by atoms with van der Waals surface area (Å²) in [5.74, 6) is -0.460. The van der Waals surface area contributed by atoms with Crippen molar-refractivity contribution in [1.29, 1.82) is 0 Å². The maximum atomic E-state index is 12.0. The van der Waals surface area contributed by atoms with Gasteiger partial charge >= 0.3 is 5.97 Å². The average Bonchev–Trinajstić information content (AvgIpc) is 2.52. The van der Waals surface area contributed by atoms with Crippen molar-refractivity contribution in [1.82, 2.24) is 4.98 Å². The zero-order chi connectivity index (χ0) is 15.0. The van der Waals surface area contributed by atoms with Gasteiger partial charge in [0.25, 0.3) is 0 Å². The van der Waals surface area contributed by atoms with Crippen molar-refractivity contribution >= 4 is 45.4 Å². The van der Waals surface area contributed by atoms with E-state index in [0.29, 0.717) is 27.8 Å². The van der Waals surface area contributed by atoms with E-state index >= 15 is 0 Å². The third-order valence-corrected chi connectivity index (χ3v) is 3.73. The number of benzene rings is 2. The monoisotopic (exact) mass is 299 g/mol. The van der Waals surface area contributed by atoms with Crippen molar-refractivity contribution in [3.8, 4) is 0 Å². The minimum absolute atomic E-state index is 0.331. The van der Waals surface area contributed by atoms with Crippen molar-refractivity contribution in [3.05, 3.63) is 52.8 Å². The highest BCUT2D eigenvalue weighted by molar-refractivity contribution is 6.34. The number of nitrogens with zero attached hydrogens (tertiary/aromatic N) is 1. The third-order valence-electron chi connectivity index (χ3n) is 3.40. The average molecular weight is 300 g/mol. The van der Waals surface area contributed by atoms with Crippen molar-refractivity contribution < 1.29 is 14.3 Å². The number of fused-ring (bicyclic) bond motifs is 3. The number of rotatable bonds is 2. The van der Waals surface area contributed by atoms with Crippen LogP contribution < -0.4 is 0 Å². The molecule has 0 spiro atoms. The number of pyridine rings is 1. The summed E-state index contributed by atoms with van der Waals surface area (Å²) in [4.78, 5) is 27.2. The number of carbonyl (C=O) groups is 2. The van der Waals surface area contributed by atoms with Crippen LogP contribution in [0.2, 0.25) is 5.02 Å². The van der Waals surface area contributed by atoms with E-state index in [1.165, 1.54) is 7.11 Å². The second-order valence-corrected chi connectivity index (χ2v) is 4.96. The van der Waals surface area contributed by atoms with Crippen LogP contribution in [0.15, 0.2) is 36.7 Å². The van der Waals surface area contributed by atoms with Gasteiger partial charge in [-0.1, -0.05) is 11.6 Å². The van der Waals surface area contributed by atoms with Gasteiger partial charge in [-0.25, -0.2) is 4.79 Å². The van der Waals surface area contributed by atoms with Gasteiger partial charge in [-0.05, 0) is 40.4 Å². The Labute approximate surface area is 125 Å². The largest absolute Gasteiger partial charge is 0.465 e. The predicted molar refractivity (Wildman–Crippen MR) is 81.0 cm³/mol. The molecule has 104 valence electrons. The van der Waals surface area contributed by atoms with Crippen molar-refractivity contribution in [2.24, 2.45) is 0 Å². The molecule has 5 heteroatoms. The Morgan fingerprint density at radius 2 is 2.05 bits per heavy atom. The number of hydrogen-bond acceptors (Lipinski definition) is 4. The molecule has 0 saturated carbocycles. The Balaban J connectivity index is 2.53. The van der Waals surface area contributed by atoms with E-state index in [-0.39, 0.29) is 0 Å². The van der Waals surface area contributed by atoms with Crippen LogP contribution in [0.1, 0.15) is 20.7 Å². The second kappa shape index (κ2) is 5.14. The standard InChI is InChI=1S/C16H10ClNO3/c1-21-16(20)13-4-9-2-3-18-7-14(9)12-6-15(17)10(8-19)5-11(12)13/h2-8H,1H3. The van der Waals surface area contributed by atoms with Gasteiger partial charge in [0.05, 0.1) is 17.7 Å². The van der Waals surface area contributed by atoms with E-state index in [9.17, 15) is 9.59 Å². The zero-order valence-electron chi connectivity index (χ0n) is 11.1. The Hall–Kier alpha value is -2.46. The molecule has 0 fully saturated rings. The van der Waals surface area contributed by atoms with Gasteiger partial charge in [0, 0.05) is 23.3 Å². The van der Waals surface area contributed by atoms with Crippen molar-refractivity contribution in [2.75, 3.05) is 7.11 Å². The lowest BCUT2D eigenvalue weighted by molar-refractivity contribution is 0.0603. The molecule has 0 amide bonds. The van der Waals surface area contributed by atoms with Gasteiger partial charge in [0.1, 0.15) is 0 Å². The Bertz CT molecular complexity index is 889. The molecular formula is C16H10ClNO3. The van der Waals surface area contributed by atoms with Gasteiger partial charge in [-0.3, -0.25) is 9.78 Å². The van der Waals surface area contributed by atoms with E-state index in [2.05, 4.69) is 4.98 Å². The summed E-state index contributed by atoms with van der Waals surface area (Å²) < 4.78 is 4.82. The predicted octanol–water partition coefficient (Wildman–Crippen LogP) is 3.64. The molecule has 2 aromatic carbocycles. The van der Waals surface area contributed by atoms with E-state index < -0.39 is 5.97 Å². The maximum absolute atomic E-state index is 12.0. The van der Waals surface area contributed by atoms with E-state index in [0.717, 1.165) is 16.2 Å². The number of carbonyl (C=O) groups excluding carboxylic acids is 2. The van der Waals surface area contributed by atoms with Gasteiger partial charge in [-0.15, -0.1) is 0 Å². The van der Waals surface area contributed by atoms with Crippen LogP contribution in [-0.4, -0.2) is 24.3 Å². The van der Waals surface area contributed by atoms with Crippen LogP contribution >= 0.6 is 11.6 Å². The zero-order valence-corrected chi connectivity index (χ0v) is 11.8. The molecular weight excluding hydrogens is 290 g/mol. The quantitative estimate of drug-likeness (QED) is 0.412. The lowest BCUT2D eigenvalue weighted by atomic mass is 9.97. The summed E-state index contributed by atoms with van der Waals surface area (Å²) in [7, 11) is 1.32. The first-order chi connectivity index (χ1) is 10.2. The number of methoxy groups -OCH3 is 1. The molecule has 0 N–H and O–H groups in total. The van der Waals surface area contributed by atoms with Crippen LogP contribution in [0.3, 0.4) is 0 Å². The van der Waals surface area contributed by atoms with Crippen molar-refractivity contribution in [3.63, 3.8) is 0 Å². The van der Waals surface area contributed by atoms with Crippen LogP contribution in [0, 0.1) is 0 Å². The normalized spacial score (nSPS) is 10.8. The van der Waals surface area contributed by atoms with Crippen molar-refractivity contribution in [2.45, 2.75) is 0 Å². The number of aldehydes is 1. The fourth-order valence-electron chi connectivity index (χ4n) is 2.39. The molecule has 3 rings (SSSR count). The SMILES string of the molecule is COC(=O)c1cc2ccncc2c2cc(Cl)c(C=O)cc12. The number of esters is 1. The molecule has 3 aromatic rings. The van der Waals surface area contributed by atoms with Crippen LogP contribution in [0.5, 0.6) is 0 Å². The Kier molecular flexibility index (Phi) is 3.31. The van der Waals surface area contributed by atoms with E-state index in [1.807, 2.05) is 6.07 Å². The third kappa shape index (κ3) is 2.14. The molecule has 1 heterocycles. The highest BCUT2D eigenvalue weighted by Crippen LogP contribution is 2.32. The lowest BCUT2D eigenvalue weighted by Crippen LogP contribution is -2.03. The number of aromatic nitrogens is 1. The van der Waals surface area contributed by atoms with Crippen LogP contribution in [-0.2, 0) is 4.74 Å². The Morgan fingerprint density at radius 3 is 2.76 bits per heavy atom. The van der Waals surface area contributed by atoms with E-state index in [1.54, 1.807) is 30.6 Å². The highest BCUT2D eigenvalue weighted by Gasteiger charge is 2.15. The summed E-state index contributed by atoms with van der Waals surface area (Å²) in [6, 6.07) is 6.82. The molecule has 1 aromatic heterocycles. The molecule has 0 atom stereocenters. The van der Waals surface area contributed by atoms with Gasteiger partial charge in [0.15, 0.2) is 6.29 Å². The molecule has 0 aliphatic rings. The first-order valence-corrected chi connectivity index (χ1v) is 6.57. The fraction of sp³-hybridized carbons (Fsp3) is 0.0625. The topological polar surface area (TPSA) is 56.3 Å². The second-order valence-electron chi connectivity index (χ2n) is 4.55. The minimum Gasteiger partial charge on any atom is -0.465 e. The minimum atomic E-state index is -0.460. The maximum Gasteiger partial charge on any atom is 0.338 e. The summed E-state index contributed by atoms with van der Waals surface area (Å²) in [6.07, 6.45) is 4.02. The smallest absolute Gasteiger partial charge is 0.338 e. The molecule has 0 bridgehead atoms.